The van der Waals surface area contributed by atoms with E-state index in [1.54, 1.807) is 10.6 Å². The summed E-state index contributed by atoms with van der Waals surface area (Å²) in [6.07, 6.45) is 2.58. The maximum Gasteiger partial charge on any atom is 0.329 e. The molecule has 2 unspecified atom stereocenters. The molecule has 1 aliphatic heterocycles. The molecule has 30 heavy (non-hydrogen) atoms. The lowest BCUT2D eigenvalue weighted by molar-refractivity contribution is 0.294. The van der Waals surface area contributed by atoms with Gasteiger partial charge in [0.15, 0.2) is 5.75 Å². The molecule has 1 saturated carbocycles. The van der Waals surface area contributed by atoms with E-state index in [1.807, 2.05) is 13.8 Å². The molecule has 2 heterocycles. The minimum Gasteiger partial charge on any atom is -0.492 e. The van der Waals surface area contributed by atoms with Crippen LogP contribution in [0.2, 0.25) is 0 Å². The Bertz CT molecular complexity index is 1150. The number of aromatic amines is 1. The van der Waals surface area contributed by atoms with E-state index in [9.17, 15) is 14.9 Å². The van der Waals surface area contributed by atoms with Crippen molar-refractivity contribution in [3.8, 4) is 11.8 Å². The Morgan fingerprint density at radius 2 is 2.03 bits per heavy atom. The number of methoxy groups -OCH3 is 1. The van der Waals surface area contributed by atoms with Crippen molar-refractivity contribution in [2.24, 2.45) is 17.1 Å². The molecule has 160 valence electrons. The Kier molecular flexibility index (Phi) is 4.77. The number of nitrogens with one attached hydrogen (secondary N) is 1. The van der Waals surface area contributed by atoms with Gasteiger partial charge >= 0.3 is 5.69 Å². The maximum absolute atomic E-state index is 12.6. The molecule has 0 spiro atoms. The number of rotatable bonds is 5. The monoisotopic (exact) mass is 412 g/mol. The lowest BCUT2D eigenvalue weighted by Crippen LogP contribution is -2.43. The van der Waals surface area contributed by atoms with Gasteiger partial charge in [-0.15, -0.1) is 0 Å². The van der Waals surface area contributed by atoms with Gasteiger partial charge in [-0.1, -0.05) is 0 Å². The summed E-state index contributed by atoms with van der Waals surface area (Å²) in [6.45, 7) is 5.08. The summed E-state index contributed by atoms with van der Waals surface area (Å²) in [4.78, 5) is 29.6. The Hall–Kier alpha value is -2.99. The van der Waals surface area contributed by atoms with Crippen molar-refractivity contribution in [2.45, 2.75) is 45.2 Å². The highest BCUT2D eigenvalue weighted by Gasteiger charge is 2.38. The van der Waals surface area contributed by atoms with Crippen LogP contribution in [0.1, 0.15) is 39.2 Å². The summed E-state index contributed by atoms with van der Waals surface area (Å²) >= 11 is 0. The molecule has 1 aromatic heterocycles. The van der Waals surface area contributed by atoms with E-state index < -0.39 is 16.7 Å². The predicted octanol–water partition coefficient (Wildman–Crippen LogP) is 1.32. The van der Waals surface area contributed by atoms with E-state index in [0.29, 0.717) is 23.5 Å². The summed E-state index contributed by atoms with van der Waals surface area (Å²) in [7, 11) is 1.54. The standard InChI is InChI=1S/C21H28N6O3/c1-21(2,10-22)18(24)11-6-7-26(9-11)14-8-13(23)15-16(17(14)30-3)27(12-4-5-12)20(29)25-19(15)28/h8,11-12,18H,4-7,9,23-24H2,1-3H3,(H,25,28,29). The second kappa shape index (κ2) is 7.06. The van der Waals surface area contributed by atoms with E-state index in [1.165, 1.54) is 7.11 Å². The molecule has 1 aromatic carbocycles. The molecule has 2 fully saturated rings. The number of hydrogen-bond donors (Lipinski definition) is 3. The van der Waals surface area contributed by atoms with Crippen LogP contribution in [0.15, 0.2) is 15.7 Å². The first-order valence-corrected chi connectivity index (χ1v) is 10.3. The second-order valence-corrected chi connectivity index (χ2v) is 8.96. The molecule has 0 bridgehead atoms. The normalized spacial score (nSPS) is 20.4. The predicted molar refractivity (Wildman–Crippen MR) is 116 cm³/mol. The lowest BCUT2D eigenvalue weighted by Gasteiger charge is -2.30. The summed E-state index contributed by atoms with van der Waals surface area (Å²) in [5, 5.41) is 9.72. The molecular weight excluding hydrogens is 384 g/mol. The molecular formula is C21H28N6O3. The molecule has 0 amide bonds. The topological polar surface area (TPSA) is 143 Å². The minimum absolute atomic E-state index is 0.0385. The van der Waals surface area contributed by atoms with Gasteiger partial charge in [0.25, 0.3) is 5.56 Å². The quantitative estimate of drug-likeness (QED) is 0.628. The maximum atomic E-state index is 12.6. The van der Waals surface area contributed by atoms with Crippen LogP contribution in [0, 0.1) is 22.7 Å². The van der Waals surface area contributed by atoms with E-state index in [0.717, 1.165) is 31.5 Å². The highest BCUT2D eigenvalue weighted by Crippen LogP contribution is 2.44. The largest absolute Gasteiger partial charge is 0.492 e. The number of anilines is 2. The van der Waals surface area contributed by atoms with Crippen LogP contribution < -0.4 is 32.4 Å². The third-order valence-electron chi connectivity index (χ3n) is 6.48. The third-order valence-corrected chi connectivity index (χ3v) is 6.48. The van der Waals surface area contributed by atoms with Gasteiger partial charge < -0.3 is 21.1 Å². The molecule has 9 nitrogen and oxygen atoms in total. The van der Waals surface area contributed by atoms with Crippen molar-refractivity contribution in [2.75, 3.05) is 30.8 Å². The number of aromatic nitrogens is 2. The zero-order valence-corrected chi connectivity index (χ0v) is 17.6. The summed E-state index contributed by atoms with van der Waals surface area (Å²) in [5.41, 5.74) is 12.6. The second-order valence-electron chi connectivity index (χ2n) is 8.96. The number of nitrogens with two attached hydrogens (primary N) is 2. The number of ether oxygens (including phenoxy) is 1. The van der Waals surface area contributed by atoms with Gasteiger partial charge in [0.1, 0.15) is 5.52 Å². The van der Waals surface area contributed by atoms with Gasteiger partial charge in [-0.05, 0) is 45.1 Å². The molecule has 0 radical (unpaired) electrons. The molecule has 5 N–H and O–H groups in total. The Morgan fingerprint density at radius 3 is 2.63 bits per heavy atom. The zero-order chi connectivity index (χ0) is 21.8. The van der Waals surface area contributed by atoms with Gasteiger partial charge in [0.2, 0.25) is 0 Å². The number of nitriles is 1. The Morgan fingerprint density at radius 1 is 1.33 bits per heavy atom. The first-order chi connectivity index (χ1) is 14.2. The molecule has 1 aliphatic carbocycles. The fourth-order valence-corrected chi connectivity index (χ4v) is 4.53. The fraction of sp³-hybridized carbons (Fsp3) is 0.571. The van der Waals surface area contributed by atoms with E-state index >= 15 is 0 Å². The van der Waals surface area contributed by atoms with Crippen LogP contribution in [0.25, 0.3) is 10.9 Å². The van der Waals surface area contributed by atoms with Crippen LogP contribution in [0.5, 0.6) is 5.75 Å². The van der Waals surface area contributed by atoms with Crippen molar-refractivity contribution < 1.29 is 4.74 Å². The van der Waals surface area contributed by atoms with Gasteiger partial charge in [-0.3, -0.25) is 14.3 Å². The van der Waals surface area contributed by atoms with Gasteiger partial charge in [0.05, 0.1) is 29.7 Å². The van der Waals surface area contributed by atoms with E-state index in [-0.39, 0.29) is 23.4 Å². The molecule has 2 atom stereocenters. The Labute approximate surface area is 174 Å². The lowest BCUT2D eigenvalue weighted by atomic mass is 9.79. The number of hydrogen-bond acceptors (Lipinski definition) is 7. The minimum atomic E-state index is -0.632. The van der Waals surface area contributed by atoms with Crippen LogP contribution >= 0.6 is 0 Å². The van der Waals surface area contributed by atoms with Crippen molar-refractivity contribution in [1.82, 2.24) is 9.55 Å². The Balaban J connectivity index is 1.83. The molecule has 1 saturated heterocycles. The summed E-state index contributed by atoms with van der Waals surface area (Å²) < 4.78 is 7.35. The highest BCUT2D eigenvalue weighted by atomic mass is 16.5. The molecule has 9 heteroatoms. The van der Waals surface area contributed by atoms with Crippen LogP contribution in [-0.4, -0.2) is 35.8 Å². The average molecular weight is 412 g/mol. The number of fused-ring (bicyclic) bond motifs is 1. The smallest absolute Gasteiger partial charge is 0.329 e. The highest BCUT2D eigenvalue weighted by molar-refractivity contribution is 5.99. The van der Waals surface area contributed by atoms with Crippen molar-refractivity contribution >= 4 is 22.3 Å². The number of nitrogens with zero attached hydrogens (tertiary/aromatic N) is 3. The number of benzene rings is 1. The molecule has 2 aromatic rings. The third kappa shape index (κ3) is 3.12. The SMILES string of the molecule is COc1c(N2CCC(C(N)C(C)(C)C#N)C2)cc(N)c2c(=O)[nH]c(=O)n(C3CC3)c12. The van der Waals surface area contributed by atoms with Crippen LogP contribution in [0.4, 0.5) is 11.4 Å². The average Bonchev–Trinajstić information content (AvgIpc) is 3.41. The van der Waals surface area contributed by atoms with Crippen molar-refractivity contribution in [3.63, 3.8) is 0 Å². The summed E-state index contributed by atoms with van der Waals surface area (Å²) in [6, 6.07) is 3.81. The van der Waals surface area contributed by atoms with Crippen LogP contribution in [0.3, 0.4) is 0 Å². The first-order valence-electron chi connectivity index (χ1n) is 10.3. The zero-order valence-electron chi connectivity index (χ0n) is 17.6. The summed E-state index contributed by atoms with van der Waals surface area (Å²) in [5.74, 6) is 0.606. The van der Waals surface area contributed by atoms with Gasteiger partial charge in [-0.2, -0.15) is 5.26 Å². The number of H-pyrrole nitrogens is 1. The van der Waals surface area contributed by atoms with Crippen LogP contribution in [-0.2, 0) is 0 Å². The molecule has 2 aliphatic rings. The van der Waals surface area contributed by atoms with Crippen molar-refractivity contribution in [1.29, 1.82) is 5.26 Å². The van der Waals surface area contributed by atoms with E-state index in [4.69, 9.17) is 16.2 Å². The fourth-order valence-electron chi connectivity index (χ4n) is 4.53. The molecule has 4 rings (SSSR count). The van der Waals surface area contributed by atoms with Crippen molar-refractivity contribution in [3.05, 3.63) is 26.9 Å². The van der Waals surface area contributed by atoms with E-state index in [2.05, 4.69) is 16.0 Å². The number of nitrogen functional groups attached to an aromatic ring is 1. The van der Waals surface area contributed by atoms with Gasteiger partial charge in [0, 0.05) is 30.9 Å². The first kappa shape index (κ1) is 20.3. The van der Waals surface area contributed by atoms with Gasteiger partial charge in [-0.25, -0.2) is 4.79 Å².